The highest BCUT2D eigenvalue weighted by Crippen LogP contribution is 2.45. The Kier molecular flexibility index (Phi) is 4.93. The Morgan fingerprint density at radius 1 is 1.52 bits per heavy atom. The van der Waals surface area contributed by atoms with E-state index in [1.807, 2.05) is 0 Å². The van der Waals surface area contributed by atoms with E-state index < -0.39 is 22.7 Å². The lowest BCUT2D eigenvalue weighted by Crippen LogP contribution is -2.54. The van der Waals surface area contributed by atoms with Crippen LogP contribution in [0.25, 0.3) is 0 Å². The summed E-state index contributed by atoms with van der Waals surface area (Å²) in [4.78, 5) is 24.7. The van der Waals surface area contributed by atoms with E-state index in [0.29, 0.717) is 30.1 Å². The first-order valence-corrected chi connectivity index (χ1v) is 8.65. The average Bonchev–Trinajstić information content (AvgIpc) is 2.96. The molecule has 8 heteroatoms. The van der Waals surface area contributed by atoms with Crippen molar-refractivity contribution in [2.75, 3.05) is 13.2 Å². The van der Waals surface area contributed by atoms with Crippen molar-refractivity contribution in [2.24, 2.45) is 0 Å². The van der Waals surface area contributed by atoms with Gasteiger partial charge in [0.15, 0.2) is 0 Å². The lowest BCUT2D eigenvalue weighted by molar-refractivity contribution is -0.385. The summed E-state index contributed by atoms with van der Waals surface area (Å²) in [5.41, 5.74) is -0.693. The highest BCUT2D eigenvalue weighted by atomic mass is 16.6. The predicted octanol–water partition coefficient (Wildman–Crippen LogP) is 2.49. The van der Waals surface area contributed by atoms with Crippen molar-refractivity contribution in [3.63, 3.8) is 0 Å². The number of hydrogen-bond donors (Lipinski definition) is 1. The van der Waals surface area contributed by atoms with Crippen molar-refractivity contribution in [3.8, 4) is 5.75 Å². The number of amides is 1. The quantitative estimate of drug-likeness (QED) is 0.355. The van der Waals surface area contributed by atoms with E-state index in [0.717, 1.165) is 0 Å². The number of nitrogens with zero attached hydrogens (tertiary/aromatic N) is 2. The third kappa shape index (κ3) is 3.52. The predicted molar refractivity (Wildman–Crippen MR) is 97.1 cm³/mol. The molecule has 3 rings (SSSR count). The number of rotatable bonds is 6. The number of aliphatic hydroxyl groups is 1. The maximum Gasteiger partial charge on any atom is 0.270 e. The fourth-order valence-corrected chi connectivity index (χ4v) is 3.31. The van der Waals surface area contributed by atoms with Gasteiger partial charge in [0.2, 0.25) is 0 Å². The first-order chi connectivity index (χ1) is 12.7. The number of hydrogen-bond acceptors (Lipinski definition) is 6. The van der Waals surface area contributed by atoms with Gasteiger partial charge in [-0.05, 0) is 26.3 Å². The average molecular weight is 374 g/mol. The van der Waals surface area contributed by atoms with Crippen LogP contribution in [0.15, 0.2) is 42.7 Å². The number of benzene rings is 1. The van der Waals surface area contributed by atoms with Gasteiger partial charge in [0.1, 0.15) is 23.2 Å². The number of carbonyl (C=O) groups is 1. The summed E-state index contributed by atoms with van der Waals surface area (Å²) in [5.74, 6) is 0.586. The lowest BCUT2D eigenvalue weighted by Gasteiger charge is -2.45. The molecule has 27 heavy (non-hydrogen) atoms. The number of fused-ring (bicyclic) bond motifs is 1. The zero-order chi connectivity index (χ0) is 19.8. The highest BCUT2D eigenvalue weighted by molar-refractivity contribution is 5.91. The van der Waals surface area contributed by atoms with Gasteiger partial charge in [0.25, 0.3) is 11.6 Å². The third-order valence-corrected chi connectivity index (χ3v) is 4.75. The summed E-state index contributed by atoms with van der Waals surface area (Å²) < 4.78 is 11.4. The molecule has 2 unspecified atom stereocenters. The van der Waals surface area contributed by atoms with Crippen molar-refractivity contribution >= 4 is 11.6 Å². The first-order valence-electron chi connectivity index (χ1n) is 8.65. The van der Waals surface area contributed by atoms with E-state index in [1.54, 1.807) is 19.9 Å². The fraction of sp³-hybridized carbons (Fsp3) is 0.421. The number of aliphatic hydroxyl groups excluding tert-OH is 1. The molecule has 0 aliphatic carbocycles. The van der Waals surface area contributed by atoms with Crippen LogP contribution >= 0.6 is 0 Å². The van der Waals surface area contributed by atoms with Gasteiger partial charge in [-0.15, -0.1) is 6.58 Å². The molecule has 2 atom stereocenters. The number of ether oxygens (including phenoxy) is 2. The molecule has 144 valence electrons. The van der Waals surface area contributed by atoms with Crippen molar-refractivity contribution < 1.29 is 24.3 Å². The zero-order valence-electron chi connectivity index (χ0n) is 15.3. The van der Waals surface area contributed by atoms with E-state index in [1.165, 1.54) is 29.2 Å². The zero-order valence-corrected chi connectivity index (χ0v) is 15.3. The third-order valence-electron chi connectivity index (χ3n) is 4.75. The van der Waals surface area contributed by atoms with Gasteiger partial charge in [-0.25, -0.2) is 0 Å². The minimum Gasteiger partial charge on any atom is -0.496 e. The van der Waals surface area contributed by atoms with Gasteiger partial charge < -0.3 is 19.5 Å². The van der Waals surface area contributed by atoms with Crippen LogP contribution in [0.1, 0.15) is 31.9 Å². The van der Waals surface area contributed by atoms with E-state index in [9.17, 15) is 20.0 Å². The van der Waals surface area contributed by atoms with Crippen LogP contribution in [0.4, 0.5) is 5.69 Å². The lowest BCUT2D eigenvalue weighted by atomic mass is 9.85. The second kappa shape index (κ2) is 7.03. The topological polar surface area (TPSA) is 102 Å². The van der Waals surface area contributed by atoms with Crippen LogP contribution in [0.3, 0.4) is 0 Å². The van der Waals surface area contributed by atoms with Crippen molar-refractivity contribution in [1.29, 1.82) is 0 Å². The molecule has 0 bridgehead atoms. The second-order valence-electron chi connectivity index (χ2n) is 7.08. The Balaban J connectivity index is 1.94. The van der Waals surface area contributed by atoms with E-state index >= 15 is 0 Å². The van der Waals surface area contributed by atoms with Gasteiger partial charge in [0, 0.05) is 23.8 Å². The number of carbonyl (C=O) groups excluding carboxylic acids is 1. The van der Waals surface area contributed by atoms with Gasteiger partial charge >= 0.3 is 0 Å². The number of non-ortho nitro benzene ring substituents is 1. The van der Waals surface area contributed by atoms with Gasteiger partial charge in [-0.2, -0.15) is 0 Å². The van der Waals surface area contributed by atoms with Crippen LogP contribution in [0, 0.1) is 10.1 Å². The van der Waals surface area contributed by atoms with E-state index in [2.05, 4.69) is 6.58 Å². The summed E-state index contributed by atoms with van der Waals surface area (Å²) in [5, 5.41) is 22.1. The Morgan fingerprint density at radius 3 is 2.93 bits per heavy atom. The Hall–Kier alpha value is -2.87. The van der Waals surface area contributed by atoms with Crippen molar-refractivity contribution in [3.05, 3.63) is 58.4 Å². The Morgan fingerprint density at radius 2 is 2.26 bits per heavy atom. The molecule has 2 aliphatic rings. The van der Waals surface area contributed by atoms with Gasteiger partial charge in [-0.1, -0.05) is 6.08 Å². The summed E-state index contributed by atoms with van der Waals surface area (Å²) in [7, 11) is 0. The summed E-state index contributed by atoms with van der Waals surface area (Å²) >= 11 is 0. The normalized spacial score (nSPS) is 23.3. The molecule has 0 aromatic heterocycles. The number of nitro benzene ring substituents is 1. The Labute approximate surface area is 156 Å². The second-order valence-corrected chi connectivity index (χ2v) is 7.08. The maximum atomic E-state index is 12.6. The molecule has 1 aromatic rings. The molecule has 8 nitrogen and oxygen atoms in total. The molecule has 0 radical (unpaired) electrons. The molecule has 1 aromatic carbocycles. The smallest absolute Gasteiger partial charge is 0.270 e. The van der Waals surface area contributed by atoms with Crippen LogP contribution in [0.5, 0.6) is 5.75 Å². The minimum atomic E-state index is -1.07. The fourth-order valence-electron chi connectivity index (χ4n) is 3.31. The minimum absolute atomic E-state index is 0.128. The monoisotopic (exact) mass is 374 g/mol. The Bertz CT molecular complexity index is 816. The molecule has 2 aliphatic heterocycles. The molecule has 1 amide bonds. The molecular formula is C19H22N2O6. The molecule has 1 N–H and O–H groups in total. The number of nitro groups is 1. The summed E-state index contributed by atoms with van der Waals surface area (Å²) in [6, 6.07) is 3.41. The van der Waals surface area contributed by atoms with Crippen molar-refractivity contribution in [1.82, 2.24) is 4.90 Å². The first kappa shape index (κ1) is 18.9. The highest BCUT2D eigenvalue weighted by Gasteiger charge is 2.48. The molecule has 0 saturated heterocycles. The molecule has 0 spiro atoms. The molecule has 0 fully saturated rings. The van der Waals surface area contributed by atoms with E-state index in [4.69, 9.17) is 9.47 Å². The van der Waals surface area contributed by atoms with Crippen LogP contribution in [-0.4, -0.2) is 45.7 Å². The van der Waals surface area contributed by atoms with Crippen LogP contribution in [0.2, 0.25) is 0 Å². The SMILES string of the molecule is C=CCCOC1=CC(=O)N(C2c3cc([N+](=O)[O-])ccc3OC(C)(C)C2O)C1. The van der Waals surface area contributed by atoms with E-state index in [-0.39, 0.29) is 18.1 Å². The summed E-state index contributed by atoms with van der Waals surface area (Å²) in [6.07, 6.45) is 2.68. The van der Waals surface area contributed by atoms with Crippen LogP contribution < -0.4 is 4.74 Å². The van der Waals surface area contributed by atoms with Crippen LogP contribution in [-0.2, 0) is 9.53 Å². The van der Waals surface area contributed by atoms with Gasteiger partial charge in [0.05, 0.1) is 24.1 Å². The summed E-state index contributed by atoms with van der Waals surface area (Å²) in [6.45, 7) is 7.63. The maximum absolute atomic E-state index is 12.6. The molecule has 2 heterocycles. The molecular weight excluding hydrogens is 352 g/mol. The van der Waals surface area contributed by atoms with Crippen molar-refractivity contribution in [2.45, 2.75) is 38.0 Å². The molecule has 0 saturated carbocycles. The van der Waals surface area contributed by atoms with Gasteiger partial charge in [-0.3, -0.25) is 14.9 Å². The largest absolute Gasteiger partial charge is 0.496 e. The standard InChI is InChI=1S/C19H22N2O6/c1-4-5-8-26-13-10-16(22)20(11-13)17-14-9-12(21(24)25)6-7-15(14)27-19(2,3)18(17)23/h4,6-7,9-10,17-18,23H,1,5,8,11H2,2-3H3.